The van der Waals surface area contributed by atoms with Crippen LogP contribution in [-0.2, 0) is 9.59 Å². The van der Waals surface area contributed by atoms with Crippen LogP contribution < -0.4 is 16.4 Å². The number of rotatable bonds is 8. The molecule has 0 saturated carbocycles. The van der Waals surface area contributed by atoms with Gasteiger partial charge in [-0.2, -0.15) is 0 Å². The van der Waals surface area contributed by atoms with Crippen LogP contribution in [0.2, 0.25) is 0 Å². The van der Waals surface area contributed by atoms with E-state index in [4.69, 9.17) is 5.73 Å². The lowest BCUT2D eigenvalue weighted by Crippen LogP contribution is -2.43. The van der Waals surface area contributed by atoms with E-state index in [0.717, 1.165) is 77.9 Å². The number of likely N-dealkylation sites (tertiary alicyclic amines) is 2. The third kappa shape index (κ3) is 6.82. The topological polar surface area (TPSA) is 103 Å². The summed E-state index contributed by atoms with van der Waals surface area (Å²) in [6, 6.07) is 0. The summed E-state index contributed by atoms with van der Waals surface area (Å²) in [6.07, 6.45) is 5.09. The number of guanidine groups is 1. The van der Waals surface area contributed by atoms with Gasteiger partial charge in [0.25, 0.3) is 0 Å². The molecule has 148 valence electrons. The largest absolute Gasteiger partial charge is 0.369 e. The molecule has 1 atom stereocenters. The van der Waals surface area contributed by atoms with Crippen molar-refractivity contribution in [2.24, 2.45) is 16.6 Å². The molecule has 2 amide bonds. The Morgan fingerprint density at radius 1 is 1.15 bits per heavy atom. The minimum atomic E-state index is -0.183. The van der Waals surface area contributed by atoms with Crippen molar-refractivity contribution < 1.29 is 9.59 Å². The number of nitrogens with two attached hydrogens (primary N) is 1. The summed E-state index contributed by atoms with van der Waals surface area (Å²) in [5.41, 5.74) is 5.43. The molecule has 4 N–H and O–H groups in total. The number of primary amides is 1. The minimum Gasteiger partial charge on any atom is -0.369 e. The number of hydrogen-bond acceptors (Lipinski definition) is 4. The van der Waals surface area contributed by atoms with Crippen molar-refractivity contribution >= 4 is 17.8 Å². The average molecular weight is 367 g/mol. The lowest BCUT2D eigenvalue weighted by atomic mass is 9.97. The van der Waals surface area contributed by atoms with Gasteiger partial charge in [-0.3, -0.25) is 9.59 Å². The first-order valence-electron chi connectivity index (χ1n) is 9.91. The summed E-state index contributed by atoms with van der Waals surface area (Å²) in [5, 5.41) is 6.47. The van der Waals surface area contributed by atoms with Gasteiger partial charge in [0.2, 0.25) is 11.8 Å². The number of aliphatic imine (C=N–C) groups is 1. The molecule has 2 aliphatic heterocycles. The number of piperidine rings is 1. The normalized spacial score (nSPS) is 21.7. The van der Waals surface area contributed by atoms with E-state index >= 15 is 0 Å². The molecular weight excluding hydrogens is 332 g/mol. The quantitative estimate of drug-likeness (QED) is 0.312. The Hall–Kier alpha value is -1.83. The van der Waals surface area contributed by atoms with Crippen LogP contribution in [0.4, 0.5) is 0 Å². The molecule has 0 aliphatic carbocycles. The van der Waals surface area contributed by atoms with Crippen molar-refractivity contribution in [1.29, 1.82) is 0 Å². The van der Waals surface area contributed by atoms with Gasteiger partial charge in [-0.1, -0.05) is 0 Å². The predicted molar refractivity (Wildman–Crippen MR) is 103 cm³/mol. The second kappa shape index (κ2) is 11.0. The van der Waals surface area contributed by atoms with Gasteiger partial charge in [0.1, 0.15) is 6.54 Å². The summed E-state index contributed by atoms with van der Waals surface area (Å²) in [4.78, 5) is 32.0. The zero-order chi connectivity index (χ0) is 18.8. The van der Waals surface area contributed by atoms with E-state index in [2.05, 4.69) is 20.5 Å². The van der Waals surface area contributed by atoms with Gasteiger partial charge in [-0.15, -0.1) is 0 Å². The molecule has 2 rings (SSSR count). The highest BCUT2D eigenvalue weighted by Gasteiger charge is 2.23. The second-order valence-corrected chi connectivity index (χ2v) is 7.11. The molecule has 0 aromatic rings. The highest BCUT2D eigenvalue weighted by atomic mass is 16.2. The second-order valence-electron chi connectivity index (χ2n) is 7.11. The van der Waals surface area contributed by atoms with Crippen molar-refractivity contribution in [3.8, 4) is 0 Å². The number of nitrogens with zero attached hydrogens (tertiary/aromatic N) is 3. The molecule has 8 nitrogen and oxygen atoms in total. The molecule has 2 saturated heterocycles. The monoisotopic (exact) mass is 366 g/mol. The SMILES string of the molecule is CCNC(=NCC(=O)N1CCCC1)NCCCN1CCCC(C(N)=O)C1. The van der Waals surface area contributed by atoms with Gasteiger partial charge in [0, 0.05) is 32.7 Å². The van der Waals surface area contributed by atoms with Crippen molar-refractivity contribution in [2.45, 2.75) is 39.0 Å². The lowest BCUT2D eigenvalue weighted by molar-refractivity contribution is -0.128. The summed E-state index contributed by atoms with van der Waals surface area (Å²) in [6.45, 7) is 8.20. The summed E-state index contributed by atoms with van der Waals surface area (Å²) in [7, 11) is 0. The Bertz CT molecular complexity index is 490. The first-order chi connectivity index (χ1) is 12.6. The van der Waals surface area contributed by atoms with E-state index in [9.17, 15) is 9.59 Å². The van der Waals surface area contributed by atoms with Crippen LogP contribution in [-0.4, -0.2) is 79.9 Å². The zero-order valence-electron chi connectivity index (χ0n) is 16.0. The van der Waals surface area contributed by atoms with Crippen LogP contribution in [0.5, 0.6) is 0 Å². The Morgan fingerprint density at radius 3 is 2.62 bits per heavy atom. The van der Waals surface area contributed by atoms with E-state index in [0.29, 0.717) is 5.96 Å². The van der Waals surface area contributed by atoms with Gasteiger partial charge in [-0.25, -0.2) is 4.99 Å². The van der Waals surface area contributed by atoms with Crippen molar-refractivity contribution in [3.63, 3.8) is 0 Å². The van der Waals surface area contributed by atoms with E-state index < -0.39 is 0 Å². The van der Waals surface area contributed by atoms with Gasteiger partial charge in [0.15, 0.2) is 5.96 Å². The van der Waals surface area contributed by atoms with Crippen molar-refractivity contribution in [3.05, 3.63) is 0 Å². The molecule has 2 heterocycles. The van der Waals surface area contributed by atoms with E-state index in [1.165, 1.54) is 0 Å². The third-order valence-corrected chi connectivity index (χ3v) is 5.03. The molecule has 0 spiro atoms. The van der Waals surface area contributed by atoms with Crippen LogP contribution in [0, 0.1) is 5.92 Å². The fourth-order valence-electron chi connectivity index (χ4n) is 3.56. The standard InChI is InChI=1S/C18H34N6O2/c1-2-20-18(22-13-16(25)24-11-3-4-12-24)21-8-6-10-23-9-5-7-15(14-23)17(19)26/h15H,2-14H2,1H3,(H2,19,26)(H2,20,21,22). The molecule has 2 fully saturated rings. The van der Waals surface area contributed by atoms with Crippen LogP contribution in [0.15, 0.2) is 4.99 Å². The van der Waals surface area contributed by atoms with Crippen molar-refractivity contribution in [1.82, 2.24) is 20.4 Å². The first-order valence-corrected chi connectivity index (χ1v) is 9.91. The highest BCUT2D eigenvalue weighted by Crippen LogP contribution is 2.15. The first kappa shape index (κ1) is 20.5. The number of hydrogen-bond donors (Lipinski definition) is 3. The maximum atomic E-state index is 12.1. The van der Waals surface area contributed by atoms with Crippen LogP contribution in [0.1, 0.15) is 39.0 Å². The Morgan fingerprint density at radius 2 is 1.92 bits per heavy atom. The minimum absolute atomic E-state index is 0.00723. The number of nitrogens with one attached hydrogen (secondary N) is 2. The third-order valence-electron chi connectivity index (χ3n) is 5.03. The number of carbonyl (C=O) groups is 2. The summed E-state index contributed by atoms with van der Waals surface area (Å²) < 4.78 is 0. The maximum absolute atomic E-state index is 12.1. The van der Waals surface area contributed by atoms with E-state index in [1.54, 1.807) is 0 Å². The Labute approximate surface area is 156 Å². The molecule has 0 aromatic carbocycles. The summed E-state index contributed by atoms with van der Waals surface area (Å²) >= 11 is 0. The average Bonchev–Trinajstić information content (AvgIpc) is 3.18. The lowest BCUT2D eigenvalue weighted by Gasteiger charge is -2.31. The highest BCUT2D eigenvalue weighted by molar-refractivity contribution is 5.85. The van der Waals surface area contributed by atoms with Gasteiger partial charge >= 0.3 is 0 Å². The smallest absolute Gasteiger partial charge is 0.244 e. The molecule has 0 aromatic heterocycles. The molecule has 0 bridgehead atoms. The van der Waals surface area contributed by atoms with Gasteiger partial charge < -0.3 is 26.2 Å². The maximum Gasteiger partial charge on any atom is 0.244 e. The van der Waals surface area contributed by atoms with Crippen LogP contribution in [0.25, 0.3) is 0 Å². The Kier molecular flexibility index (Phi) is 8.67. The number of carbonyl (C=O) groups excluding carboxylic acids is 2. The van der Waals surface area contributed by atoms with Gasteiger partial charge in [-0.05, 0) is 52.1 Å². The van der Waals surface area contributed by atoms with Crippen molar-refractivity contribution in [2.75, 3.05) is 52.4 Å². The molecule has 2 aliphatic rings. The van der Waals surface area contributed by atoms with E-state index in [1.807, 2.05) is 11.8 Å². The molecule has 1 unspecified atom stereocenters. The van der Waals surface area contributed by atoms with Crippen LogP contribution >= 0.6 is 0 Å². The van der Waals surface area contributed by atoms with Gasteiger partial charge in [0.05, 0.1) is 5.92 Å². The summed E-state index contributed by atoms with van der Waals surface area (Å²) in [5.74, 6) is 0.600. The van der Waals surface area contributed by atoms with E-state index in [-0.39, 0.29) is 24.3 Å². The number of amides is 2. The molecule has 26 heavy (non-hydrogen) atoms. The molecule has 0 radical (unpaired) electrons. The molecule has 8 heteroatoms. The predicted octanol–water partition coefficient (Wildman–Crippen LogP) is -0.249. The Balaban J connectivity index is 1.68. The van der Waals surface area contributed by atoms with Crippen LogP contribution in [0.3, 0.4) is 0 Å². The fraction of sp³-hybridized carbons (Fsp3) is 0.833. The fourth-order valence-corrected chi connectivity index (χ4v) is 3.56. The molecular formula is C18H34N6O2. The zero-order valence-corrected chi connectivity index (χ0v) is 16.0.